The molecule has 4 rings (SSSR count). The second kappa shape index (κ2) is 14.5. The van der Waals surface area contributed by atoms with E-state index in [4.69, 9.17) is 15.2 Å². The highest BCUT2D eigenvalue weighted by Crippen LogP contribution is 2.31. The van der Waals surface area contributed by atoms with E-state index in [0.29, 0.717) is 19.0 Å². The van der Waals surface area contributed by atoms with Gasteiger partial charge < -0.3 is 20.1 Å². The molecular weight excluding hydrogens is 408 g/mol. The average Bonchev–Trinajstić information content (AvgIpc) is 3.34. The van der Waals surface area contributed by atoms with E-state index in [1.54, 1.807) is 0 Å². The Morgan fingerprint density at radius 1 is 1.00 bits per heavy atom. The molecule has 168 valence electrons. The lowest BCUT2D eigenvalue weighted by Crippen LogP contribution is -2.20. The molecule has 2 N–H and O–H groups in total. The number of rotatable bonds is 7. The first-order valence-corrected chi connectivity index (χ1v) is 11.8. The van der Waals surface area contributed by atoms with Gasteiger partial charge in [0, 0.05) is 4.90 Å². The number of hydrogen-bond acceptors (Lipinski definition) is 5. The van der Waals surface area contributed by atoms with Gasteiger partial charge in [-0.25, -0.2) is 0 Å². The Hall–Kier alpha value is -2.44. The van der Waals surface area contributed by atoms with E-state index < -0.39 is 0 Å². The number of likely N-dealkylation sites (tertiary alicyclic amines) is 1. The number of carbonyl (C=O) groups excluding carboxylic acids is 1. The van der Waals surface area contributed by atoms with Gasteiger partial charge in [0.2, 0.25) is 5.91 Å². The lowest BCUT2D eigenvalue weighted by molar-refractivity contribution is -0.115. The zero-order chi connectivity index (χ0) is 22.3. The molecule has 0 atom stereocenters. The summed E-state index contributed by atoms with van der Waals surface area (Å²) in [6.07, 6.45) is 5.13. The lowest BCUT2D eigenvalue weighted by Gasteiger charge is -2.19. The van der Waals surface area contributed by atoms with Crippen LogP contribution in [0.15, 0.2) is 66.6 Å². The first kappa shape index (κ1) is 24.8. The Morgan fingerprint density at radius 3 is 2.35 bits per heavy atom. The first-order chi connectivity index (χ1) is 15.2. The van der Waals surface area contributed by atoms with Crippen LogP contribution in [0.2, 0.25) is 0 Å². The van der Waals surface area contributed by atoms with Crippen molar-refractivity contribution in [1.82, 2.24) is 4.90 Å². The van der Waals surface area contributed by atoms with Crippen LogP contribution in [-0.2, 0) is 11.2 Å². The van der Waals surface area contributed by atoms with Crippen molar-refractivity contribution in [3.63, 3.8) is 0 Å². The van der Waals surface area contributed by atoms with Crippen molar-refractivity contribution < 1.29 is 14.3 Å². The summed E-state index contributed by atoms with van der Waals surface area (Å²) < 4.78 is 11.1. The fraction of sp³-hybridized carbons (Fsp3) is 0.400. The molecule has 0 bridgehead atoms. The number of hydrogen-bond donors (Lipinski definition) is 1. The number of amides is 1. The van der Waals surface area contributed by atoms with Gasteiger partial charge in [-0.1, -0.05) is 24.3 Å². The number of fused-ring (bicyclic) bond motifs is 1. The third kappa shape index (κ3) is 9.49. The molecule has 1 fully saturated rings. The number of ether oxygens (including phenoxy) is 2. The number of nitrogens with two attached hydrogens (primary N) is 1. The van der Waals surface area contributed by atoms with Crippen molar-refractivity contribution in [1.29, 1.82) is 0 Å². The summed E-state index contributed by atoms with van der Waals surface area (Å²) in [5.74, 6) is 1.88. The summed E-state index contributed by atoms with van der Waals surface area (Å²) in [6, 6.07) is 16.1. The van der Waals surface area contributed by atoms with Gasteiger partial charge in [0.15, 0.2) is 11.5 Å². The zero-order valence-corrected chi connectivity index (χ0v) is 19.1. The van der Waals surface area contributed by atoms with Crippen molar-refractivity contribution in [2.24, 2.45) is 5.73 Å². The van der Waals surface area contributed by atoms with Crippen molar-refractivity contribution in [3.8, 4) is 11.5 Å². The van der Waals surface area contributed by atoms with Crippen LogP contribution in [0.5, 0.6) is 11.5 Å². The Morgan fingerprint density at radius 2 is 1.68 bits per heavy atom. The Balaban J connectivity index is 0.000000226. The summed E-state index contributed by atoms with van der Waals surface area (Å²) in [7, 11) is 0. The van der Waals surface area contributed by atoms with Crippen LogP contribution in [0.4, 0.5) is 0 Å². The summed E-state index contributed by atoms with van der Waals surface area (Å²) in [4.78, 5) is 14.0. The van der Waals surface area contributed by atoms with Gasteiger partial charge in [-0.3, -0.25) is 4.79 Å². The third-order valence-electron chi connectivity index (χ3n) is 4.87. The average molecular weight is 443 g/mol. The maximum atomic E-state index is 10.4. The number of nitrogens with zero attached hydrogens (tertiary/aromatic N) is 1. The summed E-state index contributed by atoms with van der Waals surface area (Å²) in [5.41, 5.74) is 6.34. The Bertz CT molecular complexity index is 780. The van der Waals surface area contributed by atoms with Crippen LogP contribution >= 0.6 is 11.8 Å². The molecule has 6 heteroatoms. The van der Waals surface area contributed by atoms with Crippen LogP contribution in [0.3, 0.4) is 0 Å². The van der Waals surface area contributed by atoms with E-state index in [9.17, 15) is 4.79 Å². The normalized spacial score (nSPS) is 14.6. The molecule has 2 aliphatic rings. The van der Waals surface area contributed by atoms with Crippen molar-refractivity contribution in [2.45, 2.75) is 30.6 Å². The van der Waals surface area contributed by atoms with E-state index in [0.717, 1.165) is 22.8 Å². The van der Waals surface area contributed by atoms with E-state index >= 15 is 0 Å². The Kier molecular flexibility index (Phi) is 11.6. The fourth-order valence-electron chi connectivity index (χ4n) is 3.43. The fourth-order valence-corrected chi connectivity index (χ4v) is 4.09. The van der Waals surface area contributed by atoms with E-state index in [2.05, 4.69) is 30.2 Å². The highest BCUT2D eigenvalue weighted by atomic mass is 32.2. The molecule has 2 heterocycles. The monoisotopic (exact) mass is 442 g/mol. The smallest absolute Gasteiger partial charge is 0.227 e. The number of carbonyl (C=O) groups is 1. The van der Waals surface area contributed by atoms with Crippen molar-refractivity contribution in [3.05, 3.63) is 67.3 Å². The van der Waals surface area contributed by atoms with Gasteiger partial charge in [0.1, 0.15) is 13.2 Å². The molecule has 0 aromatic heterocycles. The SMILES string of the molecule is C=C.NC(=O)CSc1ccccc1.c1cc2c(cc1CCCN1CCCC1)OCCO2. The molecule has 2 aromatic rings. The van der Waals surface area contributed by atoms with Crippen LogP contribution in [0.25, 0.3) is 0 Å². The second-order valence-electron chi connectivity index (χ2n) is 7.20. The molecule has 0 aliphatic carbocycles. The van der Waals surface area contributed by atoms with Gasteiger partial charge in [0.05, 0.1) is 5.75 Å². The molecule has 5 nitrogen and oxygen atoms in total. The quantitative estimate of drug-likeness (QED) is 0.503. The molecule has 0 spiro atoms. The van der Waals surface area contributed by atoms with Gasteiger partial charge >= 0.3 is 0 Å². The summed E-state index contributed by atoms with van der Waals surface area (Å²) >= 11 is 1.45. The minimum Gasteiger partial charge on any atom is -0.486 e. The van der Waals surface area contributed by atoms with Gasteiger partial charge in [0.25, 0.3) is 0 Å². The van der Waals surface area contributed by atoms with E-state index in [1.807, 2.05) is 36.4 Å². The molecule has 0 unspecified atom stereocenters. The standard InChI is InChI=1S/C15H21NO2.C8H9NOS.C2H4/c1-2-8-16(7-1)9-3-4-13-5-6-14-15(12-13)18-11-10-17-14;9-8(10)6-11-7-4-2-1-3-5-7;1-2/h5-6,12H,1-4,7-11H2;1-5H,6H2,(H2,9,10);1-2H2. The number of benzene rings is 2. The number of aryl methyl sites for hydroxylation is 1. The van der Waals surface area contributed by atoms with Crippen molar-refractivity contribution >= 4 is 17.7 Å². The molecule has 2 aromatic carbocycles. The highest BCUT2D eigenvalue weighted by molar-refractivity contribution is 8.00. The van der Waals surface area contributed by atoms with Crippen LogP contribution in [-0.4, -0.2) is 49.4 Å². The first-order valence-electron chi connectivity index (χ1n) is 10.8. The largest absolute Gasteiger partial charge is 0.486 e. The van der Waals surface area contributed by atoms with Crippen LogP contribution in [0, 0.1) is 0 Å². The van der Waals surface area contributed by atoms with Crippen molar-refractivity contribution in [2.75, 3.05) is 38.6 Å². The summed E-state index contributed by atoms with van der Waals surface area (Å²) in [6.45, 7) is 11.2. The third-order valence-corrected chi connectivity index (χ3v) is 5.90. The van der Waals surface area contributed by atoms with Gasteiger partial charge in [-0.05, 0) is 75.1 Å². The zero-order valence-electron chi connectivity index (χ0n) is 18.3. The molecule has 1 amide bonds. The second-order valence-corrected chi connectivity index (χ2v) is 8.25. The predicted molar refractivity (Wildman–Crippen MR) is 129 cm³/mol. The molecule has 1 saturated heterocycles. The van der Waals surface area contributed by atoms with Crippen LogP contribution in [0.1, 0.15) is 24.8 Å². The predicted octanol–water partition coefficient (Wildman–Crippen LogP) is 4.55. The van der Waals surface area contributed by atoms with Gasteiger partial charge in [-0.2, -0.15) is 0 Å². The number of primary amides is 1. The van der Waals surface area contributed by atoms with E-state index in [1.165, 1.54) is 56.2 Å². The highest BCUT2D eigenvalue weighted by Gasteiger charge is 2.13. The molecular formula is C25H34N2O3S. The minimum atomic E-state index is -0.279. The minimum absolute atomic E-state index is 0.279. The van der Waals surface area contributed by atoms with Gasteiger partial charge in [-0.15, -0.1) is 24.9 Å². The molecule has 0 saturated carbocycles. The van der Waals surface area contributed by atoms with E-state index in [-0.39, 0.29) is 5.91 Å². The lowest BCUT2D eigenvalue weighted by atomic mass is 10.1. The molecule has 2 aliphatic heterocycles. The topological polar surface area (TPSA) is 64.8 Å². The summed E-state index contributed by atoms with van der Waals surface area (Å²) in [5, 5.41) is 0. The number of thioether (sulfide) groups is 1. The maximum Gasteiger partial charge on any atom is 0.227 e. The molecule has 0 radical (unpaired) electrons. The van der Waals surface area contributed by atoms with Crippen LogP contribution < -0.4 is 15.2 Å². The molecule has 31 heavy (non-hydrogen) atoms. The Labute approximate surface area is 190 Å². The maximum absolute atomic E-state index is 10.4.